The molecule has 1 aliphatic heterocycles. The van der Waals surface area contributed by atoms with Crippen molar-refractivity contribution in [3.05, 3.63) is 18.5 Å². The number of hydrogen-bond donors (Lipinski definition) is 0. The van der Waals surface area contributed by atoms with Crippen LogP contribution in [0, 0.1) is 0 Å². The molecular weight excluding hydrogens is 268 g/mol. The smallest absolute Gasteiger partial charge is 0.410 e. The summed E-state index contributed by atoms with van der Waals surface area (Å²) in [6.07, 6.45) is 5.20. The minimum Gasteiger partial charge on any atom is -0.444 e. The van der Waals surface area contributed by atoms with Gasteiger partial charge in [-0.25, -0.2) is 14.8 Å². The maximum Gasteiger partial charge on any atom is 0.410 e. The lowest BCUT2D eigenvalue weighted by Gasteiger charge is -2.30. The molecule has 1 aromatic rings. The summed E-state index contributed by atoms with van der Waals surface area (Å²) in [6.45, 7) is 7.13. The first-order valence-corrected chi connectivity index (χ1v) is 7.34. The first-order chi connectivity index (χ1) is 9.87. The van der Waals surface area contributed by atoms with Gasteiger partial charge in [0, 0.05) is 32.5 Å². The molecule has 1 amide bonds. The summed E-state index contributed by atoms with van der Waals surface area (Å²) >= 11 is 0. The van der Waals surface area contributed by atoms with Crippen LogP contribution >= 0.6 is 0 Å². The van der Waals surface area contributed by atoms with E-state index < -0.39 is 5.60 Å². The van der Waals surface area contributed by atoms with E-state index in [1.54, 1.807) is 18.5 Å². The monoisotopic (exact) mass is 292 g/mol. The molecule has 116 valence electrons. The molecule has 6 heteroatoms. The molecule has 0 aromatic carbocycles. The Hall–Kier alpha value is -1.85. The maximum absolute atomic E-state index is 12.2. The minimum atomic E-state index is -0.460. The number of hydrogen-bond acceptors (Lipinski definition) is 5. The Morgan fingerprint density at radius 1 is 1.43 bits per heavy atom. The van der Waals surface area contributed by atoms with Gasteiger partial charge in [0.05, 0.1) is 6.04 Å². The average molecular weight is 292 g/mol. The lowest BCUT2D eigenvalue weighted by atomic mass is 10.2. The molecule has 21 heavy (non-hydrogen) atoms. The van der Waals surface area contributed by atoms with E-state index in [-0.39, 0.29) is 12.1 Å². The zero-order valence-corrected chi connectivity index (χ0v) is 13.2. The van der Waals surface area contributed by atoms with Crippen molar-refractivity contribution >= 4 is 12.0 Å². The Morgan fingerprint density at radius 2 is 2.10 bits per heavy atom. The van der Waals surface area contributed by atoms with E-state index in [9.17, 15) is 4.79 Å². The largest absolute Gasteiger partial charge is 0.444 e. The van der Waals surface area contributed by atoms with E-state index in [4.69, 9.17) is 4.74 Å². The molecule has 0 radical (unpaired) electrons. The topological polar surface area (TPSA) is 58.6 Å². The number of likely N-dealkylation sites (N-methyl/N-ethyl adjacent to an activating group) is 1. The van der Waals surface area contributed by atoms with Gasteiger partial charge in [0.25, 0.3) is 0 Å². The van der Waals surface area contributed by atoms with Crippen LogP contribution in [0.1, 0.15) is 33.6 Å². The summed E-state index contributed by atoms with van der Waals surface area (Å²) in [6, 6.07) is 1.94. The molecule has 0 bridgehead atoms. The number of amides is 1. The van der Waals surface area contributed by atoms with Crippen molar-refractivity contribution in [2.75, 3.05) is 25.0 Å². The quantitative estimate of drug-likeness (QED) is 0.855. The first-order valence-electron chi connectivity index (χ1n) is 7.34. The minimum absolute atomic E-state index is 0.147. The van der Waals surface area contributed by atoms with Crippen LogP contribution in [0.25, 0.3) is 0 Å². The molecule has 0 aliphatic carbocycles. The average Bonchev–Trinajstić information content (AvgIpc) is 2.86. The molecule has 2 heterocycles. The SMILES string of the molecule is CN(C[C@H]1CCCN1C(=O)OC(C)(C)C)c1ncccn1. The van der Waals surface area contributed by atoms with Gasteiger partial charge in [-0.1, -0.05) is 0 Å². The maximum atomic E-state index is 12.2. The van der Waals surface area contributed by atoms with Gasteiger partial charge in [0.15, 0.2) is 0 Å². The highest BCUT2D eigenvalue weighted by molar-refractivity contribution is 5.69. The van der Waals surface area contributed by atoms with Crippen molar-refractivity contribution in [1.29, 1.82) is 0 Å². The number of rotatable bonds is 3. The molecule has 0 N–H and O–H groups in total. The number of likely N-dealkylation sites (tertiary alicyclic amines) is 1. The normalized spacial score (nSPS) is 18.7. The zero-order chi connectivity index (χ0) is 15.5. The predicted molar refractivity (Wildman–Crippen MR) is 81.3 cm³/mol. The fraction of sp³-hybridized carbons (Fsp3) is 0.667. The lowest BCUT2D eigenvalue weighted by molar-refractivity contribution is 0.0231. The zero-order valence-electron chi connectivity index (χ0n) is 13.2. The fourth-order valence-corrected chi connectivity index (χ4v) is 2.47. The molecule has 1 aliphatic rings. The third-order valence-corrected chi connectivity index (χ3v) is 3.38. The molecule has 0 unspecified atom stereocenters. The summed E-state index contributed by atoms with van der Waals surface area (Å²) in [5, 5.41) is 0. The second-order valence-corrected chi connectivity index (χ2v) is 6.40. The van der Waals surface area contributed by atoms with E-state index in [0.29, 0.717) is 12.5 Å². The van der Waals surface area contributed by atoms with Crippen LogP contribution in [-0.2, 0) is 4.74 Å². The highest BCUT2D eigenvalue weighted by Crippen LogP contribution is 2.22. The van der Waals surface area contributed by atoms with E-state index in [1.165, 1.54) is 0 Å². The third-order valence-electron chi connectivity index (χ3n) is 3.38. The molecule has 1 aromatic heterocycles. The molecular formula is C15H24N4O2. The summed E-state index contributed by atoms with van der Waals surface area (Å²) in [5.41, 5.74) is -0.460. The van der Waals surface area contributed by atoms with Crippen molar-refractivity contribution in [3.8, 4) is 0 Å². The number of anilines is 1. The van der Waals surface area contributed by atoms with E-state index >= 15 is 0 Å². The third kappa shape index (κ3) is 4.31. The number of carbonyl (C=O) groups excluding carboxylic acids is 1. The van der Waals surface area contributed by atoms with Crippen molar-refractivity contribution in [1.82, 2.24) is 14.9 Å². The Balaban J connectivity index is 1.97. The second-order valence-electron chi connectivity index (χ2n) is 6.40. The molecule has 6 nitrogen and oxygen atoms in total. The Kier molecular flexibility index (Phi) is 4.65. The van der Waals surface area contributed by atoms with Gasteiger partial charge in [0.1, 0.15) is 5.60 Å². The number of aromatic nitrogens is 2. The van der Waals surface area contributed by atoms with Gasteiger partial charge in [-0.3, -0.25) is 0 Å². The second kappa shape index (κ2) is 6.28. The Bertz CT molecular complexity index is 472. The molecule has 0 saturated carbocycles. The van der Waals surface area contributed by atoms with Gasteiger partial charge in [-0.05, 0) is 39.7 Å². The van der Waals surface area contributed by atoms with Crippen LogP contribution in [0.3, 0.4) is 0 Å². The standard InChI is InChI=1S/C15H24N4O2/c1-15(2,3)21-14(20)19-10-5-7-12(19)11-18(4)13-16-8-6-9-17-13/h6,8-9,12H,5,7,10-11H2,1-4H3/t12-/m1/s1. The molecule has 1 saturated heterocycles. The van der Waals surface area contributed by atoms with Gasteiger partial charge >= 0.3 is 6.09 Å². The molecule has 1 atom stereocenters. The summed E-state index contributed by atoms with van der Waals surface area (Å²) in [5.74, 6) is 0.675. The predicted octanol–water partition coefficient (Wildman–Crippen LogP) is 2.31. The summed E-state index contributed by atoms with van der Waals surface area (Å²) < 4.78 is 5.48. The number of carbonyl (C=O) groups is 1. The van der Waals surface area contributed by atoms with Crippen molar-refractivity contribution in [3.63, 3.8) is 0 Å². The van der Waals surface area contributed by atoms with Gasteiger partial charge in [-0.2, -0.15) is 0 Å². The Morgan fingerprint density at radius 3 is 2.71 bits per heavy atom. The first kappa shape index (κ1) is 15.5. The van der Waals surface area contributed by atoms with E-state index in [1.807, 2.05) is 37.6 Å². The Labute approximate surface area is 126 Å². The van der Waals surface area contributed by atoms with E-state index in [2.05, 4.69) is 9.97 Å². The van der Waals surface area contributed by atoms with Crippen LogP contribution in [0.5, 0.6) is 0 Å². The molecule has 2 rings (SSSR count). The summed E-state index contributed by atoms with van der Waals surface area (Å²) in [4.78, 5) is 24.5. The van der Waals surface area contributed by atoms with Crippen molar-refractivity contribution in [2.24, 2.45) is 0 Å². The highest BCUT2D eigenvalue weighted by Gasteiger charge is 2.33. The van der Waals surface area contributed by atoms with Crippen LogP contribution in [-0.4, -0.2) is 52.7 Å². The fourth-order valence-electron chi connectivity index (χ4n) is 2.47. The number of nitrogens with zero attached hydrogens (tertiary/aromatic N) is 4. The highest BCUT2D eigenvalue weighted by atomic mass is 16.6. The van der Waals surface area contributed by atoms with Crippen LogP contribution < -0.4 is 4.90 Å². The number of ether oxygens (including phenoxy) is 1. The van der Waals surface area contributed by atoms with Crippen molar-refractivity contribution < 1.29 is 9.53 Å². The van der Waals surface area contributed by atoms with E-state index in [0.717, 1.165) is 19.4 Å². The van der Waals surface area contributed by atoms with Crippen LogP contribution in [0.4, 0.5) is 10.7 Å². The molecule has 0 spiro atoms. The van der Waals surface area contributed by atoms with Gasteiger partial charge in [0.2, 0.25) is 5.95 Å². The van der Waals surface area contributed by atoms with Crippen molar-refractivity contribution in [2.45, 2.75) is 45.3 Å². The lowest BCUT2D eigenvalue weighted by Crippen LogP contribution is -2.44. The summed E-state index contributed by atoms with van der Waals surface area (Å²) in [7, 11) is 1.95. The van der Waals surface area contributed by atoms with Crippen LogP contribution in [0.15, 0.2) is 18.5 Å². The van der Waals surface area contributed by atoms with Gasteiger partial charge < -0.3 is 14.5 Å². The van der Waals surface area contributed by atoms with Crippen LogP contribution in [0.2, 0.25) is 0 Å². The van der Waals surface area contributed by atoms with Gasteiger partial charge in [-0.15, -0.1) is 0 Å². The molecule has 1 fully saturated rings.